The molecule has 2 aromatic rings. The lowest BCUT2D eigenvalue weighted by atomic mass is 9.88. The van der Waals surface area contributed by atoms with Crippen molar-refractivity contribution in [1.82, 2.24) is 0 Å². The Labute approximate surface area is 191 Å². The van der Waals surface area contributed by atoms with Crippen LogP contribution in [0.3, 0.4) is 0 Å². The minimum atomic E-state index is -0.796. The Balaban J connectivity index is 2.27. The Morgan fingerprint density at radius 2 is 1.38 bits per heavy atom. The molecule has 32 heavy (non-hydrogen) atoms. The van der Waals surface area contributed by atoms with E-state index in [1.165, 1.54) is 0 Å². The summed E-state index contributed by atoms with van der Waals surface area (Å²) in [6.07, 6.45) is 7.96. The molecule has 0 amide bonds. The third kappa shape index (κ3) is 8.10. The van der Waals surface area contributed by atoms with Gasteiger partial charge in [-0.05, 0) is 76.9 Å². The van der Waals surface area contributed by atoms with Crippen molar-refractivity contribution in [2.45, 2.75) is 52.7 Å². The van der Waals surface area contributed by atoms with E-state index in [4.69, 9.17) is 9.47 Å². The Morgan fingerprint density at radius 1 is 0.906 bits per heavy atom. The summed E-state index contributed by atoms with van der Waals surface area (Å²) in [5.41, 5.74) is 1.26. The lowest BCUT2D eigenvalue weighted by Gasteiger charge is -2.30. The van der Waals surface area contributed by atoms with Gasteiger partial charge in [0, 0.05) is 11.5 Å². The van der Waals surface area contributed by atoms with Gasteiger partial charge in [-0.25, -0.2) is 4.79 Å². The molecular formula is C28H34O4. The van der Waals surface area contributed by atoms with Crippen LogP contribution in [0.1, 0.15) is 52.7 Å². The van der Waals surface area contributed by atoms with Crippen LogP contribution in [-0.2, 0) is 9.53 Å². The first-order chi connectivity index (χ1) is 14.9. The van der Waals surface area contributed by atoms with Crippen molar-refractivity contribution >= 4 is 18.1 Å². The van der Waals surface area contributed by atoms with Gasteiger partial charge < -0.3 is 14.6 Å². The number of hydrogen-bond donors (Lipinski definition) is 1. The molecule has 0 aromatic heterocycles. The SMILES string of the molecule is C=C(C)C(=O)OC(C)(C)C(C=Cc1ccc(O)cc1)C=Cc1ccc(OC(C)(C)C)cc1. The van der Waals surface area contributed by atoms with Gasteiger partial charge >= 0.3 is 5.97 Å². The maximum absolute atomic E-state index is 12.2. The van der Waals surface area contributed by atoms with E-state index < -0.39 is 11.6 Å². The molecule has 1 N–H and O–H groups in total. The number of esters is 1. The highest BCUT2D eigenvalue weighted by Gasteiger charge is 2.30. The van der Waals surface area contributed by atoms with Gasteiger partial charge in [0.25, 0.3) is 0 Å². The number of phenolic OH excluding ortho intramolecular Hbond substituents is 1. The van der Waals surface area contributed by atoms with E-state index in [2.05, 4.69) is 6.58 Å². The summed E-state index contributed by atoms with van der Waals surface area (Å²) in [6.45, 7) is 15.1. The quantitative estimate of drug-likeness (QED) is 0.366. The maximum Gasteiger partial charge on any atom is 0.333 e. The van der Waals surface area contributed by atoms with Gasteiger partial charge in [-0.3, -0.25) is 0 Å². The number of aromatic hydroxyl groups is 1. The van der Waals surface area contributed by atoms with E-state index in [-0.39, 0.29) is 17.3 Å². The van der Waals surface area contributed by atoms with E-state index in [1.54, 1.807) is 19.1 Å². The molecule has 0 saturated carbocycles. The van der Waals surface area contributed by atoms with Crippen molar-refractivity contribution in [3.05, 3.63) is 84.0 Å². The zero-order chi connectivity index (χ0) is 23.9. The molecule has 0 bridgehead atoms. The summed E-state index contributed by atoms with van der Waals surface area (Å²) >= 11 is 0. The molecule has 4 nitrogen and oxygen atoms in total. The van der Waals surface area contributed by atoms with Crippen LogP contribution in [0, 0.1) is 5.92 Å². The second-order valence-electron chi connectivity index (χ2n) is 9.39. The molecule has 1 unspecified atom stereocenters. The van der Waals surface area contributed by atoms with Crippen molar-refractivity contribution in [3.8, 4) is 11.5 Å². The molecule has 2 rings (SSSR count). The molecule has 1 atom stereocenters. The summed E-state index contributed by atoms with van der Waals surface area (Å²) < 4.78 is 11.6. The van der Waals surface area contributed by atoms with Gasteiger partial charge in [0.2, 0.25) is 0 Å². The highest BCUT2D eigenvalue weighted by molar-refractivity contribution is 5.87. The standard InChI is InChI=1S/C28H34O4/c1-20(2)26(30)32-28(6,7)23(14-8-21-10-16-24(29)17-11-21)15-9-22-12-18-25(19-13-22)31-27(3,4)5/h8-19,23,29H,1H2,2-7H3. The van der Waals surface area contributed by atoms with Crippen LogP contribution < -0.4 is 4.74 Å². The largest absolute Gasteiger partial charge is 0.508 e. The predicted octanol–water partition coefficient (Wildman–Crippen LogP) is 6.81. The molecule has 0 fully saturated rings. The van der Waals surface area contributed by atoms with Crippen LogP contribution in [0.15, 0.2) is 72.8 Å². The van der Waals surface area contributed by atoms with Gasteiger partial charge in [0.15, 0.2) is 0 Å². The molecule has 0 heterocycles. The normalized spacial score (nSPS) is 13.3. The topological polar surface area (TPSA) is 55.8 Å². The second kappa shape index (κ2) is 10.4. The van der Waals surface area contributed by atoms with Crippen molar-refractivity contribution < 1.29 is 19.4 Å². The predicted molar refractivity (Wildman–Crippen MR) is 131 cm³/mol. The first kappa shape index (κ1) is 25.0. The molecule has 4 heteroatoms. The minimum Gasteiger partial charge on any atom is -0.508 e. The third-order valence-electron chi connectivity index (χ3n) is 4.70. The summed E-state index contributed by atoms with van der Waals surface area (Å²) in [5, 5.41) is 9.50. The number of phenols is 1. The zero-order valence-electron chi connectivity index (χ0n) is 19.9. The zero-order valence-corrected chi connectivity index (χ0v) is 19.9. The van der Waals surface area contributed by atoms with Crippen LogP contribution in [0.2, 0.25) is 0 Å². The van der Waals surface area contributed by atoms with Crippen LogP contribution in [0.25, 0.3) is 12.2 Å². The minimum absolute atomic E-state index is 0.204. The fraction of sp³-hybridized carbons (Fsp3) is 0.321. The van der Waals surface area contributed by atoms with Gasteiger partial charge in [0.05, 0.1) is 0 Å². The van der Waals surface area contributed by atoms with Crippen molar-refractivity contribution in [3.63, 3.8) is 0 Å². The summed E-state index contributed by atoms with van der Waals surface area (Å²) in [6, 6.07) is 14.8. The van der Waals surface area contributed by atoms with Gasteiger partial charge in [-0.1, -0.05) is 55.1 Å². The Morgan fingerprint density at radius 3 is 1.81 bits per heavy atom. The fourth-order valence-corrected chi connectivity index (χ4v) is 2.94. The van der Waals surface area contributed by atoms with Crippen LogP contribution in [0.5, 0.6) is 11.5 Å². The van der Waals surface area contributed by atoms with Gasteiger partial charge in [-0.2, -0.15) is 0 Å². The number of carbonyl (C=O) groups excluding carboxylic acids is 1. The maximum atomic E-state index is 12.2. The van der Waals surface area contributed by atoms with Crippen molar-refractivity contribution in [2.24, 2.45) is 5.92 Å². The van der Waals surface area contributed by atoms with E-state index in [1.807, 2.05) is 95.3 Å². The van der Waals surface area contributed by atoms with Crippen molar-refractivity contribution in [2.75, 3.05) is 0 Å². The number of hydrogen-bond acceptors (Lipinski definition) is 4. The van der Waals surface area contributed by atoms with Crippen LogP contribution >= 0.6 is 0 Å². The third-order valence-corrected chi connectivity index (χ3v) is 4.70. The van der Waals surface area contributed by atoms with Gasteiger partial charge in [-0.15, -0.1) is 0 Å². The van der Waals surface area contributed by atoms with Crippen molar-refractivity contribution in [1.29, 1.82) is 0 Å². The highest BCUT2D eigenvalue weighted by Crippen LogP contribution is 2.28. The van der Waals surface area contributed by atoms with E-state index >= 15 is 0 Å². The molecule has 170 valence electrons. The number of carbonyl (C=O) groups is 1. The Kier molecular flexibility index (Phi) is 8.09. The Bertz CT molecular complexity index is 972. The average Bonchev–Trinajstić information content (AvgIpc) is 2.68. The van der Waals surface area contributed by atoms with E-state index in [9.17, 15) is 9.90 Å². The molecule has 0 aliphatic rings. The number of ether oxygens (including phenoxy) is 2. The number of benzene rings is 2. The molecule has 0 radical (unpaired) electrons. The fourth-order valence-electron chi connectivity index (χ4n) is 2.94. The highest BCUT2D eigenvalue weighted by atomic mass is 16.6. The number of rotatable bonds is 8. The molecular weight excluding hydrogens is 400 g/mol. The molecule has 0 saturated heterocycles. The average molecular weight is 435 g/mol. The summed E-state index contributed by atoms with van der Waals surface area (Å²) in [7, 11) is 0. The van der Waals surface area contributed by atoms with Gasteiger partial charge in [0.1, 0.15) is 22.7 Å². The molecule has 0 spiro atoms. The molecule has 2 aromatic carbocycles. The Hall–Kier alpha value is -3.27. The second-order valence-corrected chi connectivity index (χ2v) is 9.39. The lowest BCUT2D eigenvalue weighted by Crippen LogP contribution is -2.35. The monoisotopic (exact) mass is 434 g/mol. The first-order valence-corrected chi connectivity index (χ1v) is 10.7. The van der Waals surface area contributed by atoms with Crippen LogP contribution in [0.4, 0.5) is 0 Å². The smallest absolute Gasteiger partial charge is 0.333 e. The van der Waals surface area contributed by atoms with Crippen LogP contribution in [-0.4, -0.2) is 22.3 Å². The molecule has 0 aliphatic heterocycles. The first-order valence-electron chi connectivity index (χ1n) is 10.7. The lowest BCUT2D eigenvalue weighted by molar-refractivity contribution is -0.153. The summed E-state index contributed by atoms with van der Waals surface area (Å²) in [4.78, 5) is 12.2. The van der Waals surface area contributed by atoms with E-state index in [0.717, 1.165) is 16.9 Å². The van der Waals surface area contributed by atoms with E-state index in [0.29, 0.717) is 5.57 Å². The molecule has 0 aliphatic carbocycles. The summed E-state index contributed by atoms with van der Waals surface area (Å²) in [5.74, 6) is 0.405.